The van der Waals surface area contributed by atoms with Crippen LogP contribution in [0.2, 0.25) is 0 Å². The molecule has 2 atom stereocenters. The molecule has 0 bridgehead atoms. The molecule has 2 aliphatic rings. The SMILES string of the molecule is O=c1ccc2c([nH]1)CCCC2NC1CC=CCC1. The van der Waals surface area contributed by atoms with Gasteiger partial charge in [0.1, 0.15) is 0 Å². The van der Waals surface area contributed by atoms with E-state index in [1.165, 1.54) is 24.8 Å². The van der Waals surface area contributed by atoms with Crippen molar-refractivity contribution in [2.45, 2.75) is 50.6 Å². The van der Waals surface area contributed by atoms with Gasteiger partial charge in [-0.3, -0.25) is 4.79 Å². The number of hydrogen-bond donors (Lipinski definition) is 2. The molecule has 1 aromatic rings. The van der Waals surface area contributed by atoms with Crippen LogP contribution in [0.5, 0.6) is 0 Å². The average molecular weight is 244 g/mol. The number of H-pyrrole nitrogens is 1. The number of rotatable bonds is 2. The van der Waals surface area contributed by atoms with Crippen LogP contribution in [0.1, 0.15) is 49.4 Å². The van der Waals surface area contributed by atoms with E-state index in [-0.39, 0.29) is 5.56 Å². The molecule has 96 valence electrons. The Kier molecular flexibility index (Phi) is 3.33. The summed E-state index contributed by atoms with van der Waals surface area (Å²) in [5, 5.41) is 3.76. The molecule has 0 saturated heterocycles. The first-order valence-corrected chi connectivity index (χ1v) is 6.96. The highest BCUT2D eigenvalue weighted by Gasteiger charge is 2.23. The van der Waals surface area contributed by atoms with Crippen LogP contribution >= 0.6 is 0 Å². The van der Waals surface area contributed by atoms with Gasteiger partial charge in [-0.1, -0.05) is 18.2 Å². The van der Waals surface area contributed by atoms with Gasteiger partial charge in [0.05, 0.1) is 0 Å². The second-order valence-electron chi connectivity index (χ2n) is 5.35. The molecule has 0 aliphatic heterocycles. The fourth-order valence-electron chi connectivity index (χ4n) is 3.10. The quantitative estimate of drug-likeness (QED) is 0.785. The Hall–Kier alpha value is -1.35. The zero-order valence-electron chi connectivity index (χ0n) is 10.6. The summed E-state index contributed by atoms with van der Waals surface area (Å²) < 4.78 is 0. The van der Waals surface area contributed by atoms with Crippen LogP contribution in [0.4, 0.5) is 0 Å². The molecule has 0 aromatic carbocycles. The molecule has 2 unspecified atom stereocenters. The number of pyridine rings is 1. The lowest BCUT2D eigenvalue weighted by Crippen LogP contribution is -2.35. The highest BCUT2D eigenvalue weighted by Crippen LogP contribution is 2.29. The summed E-state index contributed by atoms with van der Waals surface area (Å²) in [5.41, 5.74) is 2.46. The molecule has 3 heteroatoms. The molecule has 0 radical (unpaired) electrons. The molecule has 0 saturated carbocycles. The fraction of sp³-hybridized carbons (Fsp3) is 0.533. The molecule has 0 amide bonds. The summed E-state index contributed by atoms with van der Waals surface area (Å²) in [7, 11) is 0. The maximum atomic E-state index is 11.4. The van der Waals surface area contributed by atoms with E-state index in [2.05, 4.69) is 22.5 Å². The van der Waals surface area contributed by atoms with Gasteiger partial charge in [0.25, 0.3) is 0 Å². The molecule has 0 fully saturated rings. The van der Waals surface area contributed by atoms with E-state index in [1.807, 2.05) is 6.07 Å². The Labute approximate surface area is 107 Å². The minimum absolute atomic E-state index is 0.0231. The van der Waals surface area contributed by atoms with Crippen LogP contribution in [0, 0.1) is 0 Å². The molecule has 1 aromatic heterocycles. The van der Waals surface area contributed by atoms with E-state index in [1.54, 1.807) is 6.07 Å². The summed E-state index contributed by atoms with van der Waals surface area (Å²) in [6.45, 7) is 0. The first-order valence-electron chi connectivity index (χ1n) is 6.96. The lowest BCUT2D eigenvalue weighted by Gasteiger charge is -2.30. The van der Waals surface area contributed by atoms with Crippen molar-refractivity contribution in [1.82, 2.24) is 10.3 Å². The van der Waals surface area contributed by atoms with Crippen LogP contribution < -0.4 is 10.9 Å². The number of fused-ring (bicyclic) bond motifs is 1. The first-order chi connectivity index (χ1) is 8.83. The predicted molar refractivity (Wildman–Crippen MR) is 72.7 cm³/mol. The number of aryl methyl sites for hydroxylation is 1. The van der Waals surface area contributed by atoms with Crippen molar-refractivity contribution >= 4 is 0 Å². The van der Waals surface area contributed by atoms with Crippen molar-refractivity contribution < 1.29 is 0 Å². The second-order valence-corrected chi connectivity index (χ2v) is 5.35. The monoisotopic (exact) mass is 244 g/mol. The van der Waals surface area contributed by atoms with Gasteiger partial charge in [-0.2, -0.15) is 0 Å². The van der Waals surface area contributed by atoms with E-state index < -0.39 is 0 Å². The lowest BCUT2D eigenvalue weighted by molar-refractivity contribution is 0.373. The minimum Gasteiger partial charge on any atom is -0.326 e. The molecule has 18 heavy (non-hydrogen) atoms. The average Bonchev–Trinajstić information content (AvgIpc) is 2.40. The van der Waals surface area contributed by atoms with E-state index in [4.69, 9.17) is 0 Å². The zero-order valence-corrected chi connectivity index (χ0v) is 10.6. The van der Waals surface area contributed by atoms with Crippen LogP contribution in [0.3, 0.4) is 0 Å². The van der Waals surface area contributed by atoms with Crippen molar-refractivity contribution in [3.63, 3.8) is 0 Å². The third kappa shape index (κ3) is 2.41. The van der Waals surface area contributed by atoms with Crippen molar-refractivity contribution in [2.24, 2.45) is 0 Å². The van der Waals surface area contributed by atoms with E-state index >= 15 is 0 Å². The van der Waals surface area contributed by atoms with Crippen LogP contribution in [0.25, 0.3) is 0 Å². The van der Waals surface area contributed by atoms with Crippen molar-refractivity contribution in [3.8, 4) is 0 Å². The third-order valence-electron chi connectivity index (χ3n) is 4.04. The number of aromatic nitrogens is 1. The topological polar surface area (TPSA) is 44.9 Å². The summed E-state index contributed by atoms with van der Waals surface area (Å²) >= 11 is 0. The molecule has 1 heterocycles. The van der Waals surface area contributed by atoms with Crippen LogP contribution in [0.15, 0.2) is 29.1 Å². The molecule has 0 spiro atoms. The Bertz CT molecular complexity index is 503. The number of hydrogen-bond acceptors (Lipinski definition) is 2. The van der Waals surface area contributed by atoms with E-state index in [0.29, 0.717) is 12.1 Å². The molecule has 3 nitrogen and oxygen atoms in total. The first kappa shape index (κ1) is 11.7. The summed E-state index contributed by atoms with van der Waals surface area (Å²) in [5.74, 6) is 0. The third-order valence-corrected chi connectivity index (χ3v) is 4.04. The van der Waals surface area contributed by atoms with Gasteiger partial charge in [0.2, 0.25) is 5.56 Å². The number of aromatic amines is 1. The maximum absolute atomic E-state index is 11.4. The minimum atomic E-state index is 0.0231. The van der Waals surface area contributed by atoms with Gasteiger partial charge in [0, 0.05) is 23.8 Å². The normalized spacial score (nSPS) is 26.9. The van der Waals surface area contributed by atoms with Crippen molar-refractivity contribution in [2.75, 3.05) is 0 Å². The van der Waals surface area contributed by atoms with Gasteiger partial charge >= 0.3 is 0 Å². The highest BCUT2D eigenvalue weighted by atomic mass is 16.1. The van der Waals surface area contributed by atoms with Gasteiger partial charge in [-0.15, -0.1) is 0 Å². The number of allylic oxidation sites excluding steroid dienone is 1. The molecule has 3 rings (SSSR count). The van der Waals surface area contributed by atoms with Gasteiger partial charge in [-0.05, 0) is 44.1 Å². The van der Waals surface area contributed by atoms with E-state index in [0.717, 1.165) is 25.0 Å². The van der Waals surface area contributed by atoms with Crippen molar-refractivity contribution in [3.05, 3.63) is 45.9 Å². The molecule has 2 N–H and O–H groups in total. The molecule has 2 aliphatic carbocycles. The van der Waals surface area contributed by atoms with E-state index in [9.17, 15) is 4.79 Å². The van der Waals surface area contributed by atoms with Crippen molar-refractivity contribution in [1.29, 1.82) is 0 Å². The summed E-state index contributed by atoms with van der Waals surface area (Å²) in [6, 6.07) is 4.67. The Balaban J connectivity index is 1.78. The number of nitrogens with one attached hydrogen (secondary N) is 2. The predicted octanol–water partition coefficient (Wildman–Crippen LogP) is 2.45. The highest BCUT2D eigenvalue weighted by molar-refractivity contribution is 5.26. The Morgan fingerprint density at radius 2 is 2.17 bits per heavy atom. The fourth-order valence-corrected chi connectivity index (χ4v) is 3.10. The Morgan fingerprint density at radius 3 is 3.00 bits per heavy atom. The zero-order chi connectivity index (χ0) is 12.4. The molecular weight excluding hydrogens is 224 g/mol. The van der Waals surface area contributed by atoms with Gasteiger partial charge in [-0.25, -0.2) is 0 Å². The van der Waals surface area contributed by atoms with Gasteiger partial charge in [0.15, 0.2) is 0 Å². The van der Waals surface area contributed by atoms with Gasteiger partial charge < -0.3 is 10.3 Å². The largest absolute Gasteiger partial charge is 0.326 e. The second kappa shape index (κ2) is 5.11. The Morgan fingerprint density at radius 1 is 1.22 bits per heavy atom. The summed E-state index contributed by atoms with van der Waals surface area (Å²) in [4.78, 5) is 14.3. The molecular formula is C15H20N2O. The lowest BCUT2D eigenvalue weighted by atomic mass is 9.89. The summed E-state index contributed by atoms with van der Waals surface area (Å²) in [6.07, 6.45) is 11.4. The maximum Gasteiger partial charge on any atom is 0.248 e. The standard InChI is InChI=1S/C15H20N2O/c18-15-10-9-12-13(7-4-8-14(12)17-15)16-11-5-2-1-3-6-11/h1-2,9-11,13,16H,3-8H2,(H,17,18). The van der Waals surface area contributed by atoms with Crippen LogP contribution in [-0.2, 0) is 6.42 Å². The smallest absolute Gasteiger partial charge is 0.248 e. The van der Waals surface area contributed by atoms with Crippen LogP contribution in [-0.4, -0.2) is 11.0 Å².